The van der Waals surface area contributed by atoms with Gasteiger partial charge in [-0.2, -0.15) is 5.10 Å². The first-order valence-electron chi connectivity index (χ1n) is 9.13. The Balaban J connectivity index is 1.66. The van der Waals surface area contributed by atoms with Crippen molar-refractivity contribution in [2.45, 2.75) is 24.5 Å². The molecular weight excluding hydrogens is 408 g/mol. The molecule has 1 aliphatic carbocycles. The number of hydrogen-bond donors (Lipinski definition) is 4. The van der Waals surface area contributed by atoms with Gasteiger partial charge in [-0.15, -0.1) is 0 Å². The molecule has 1 fully saturated rings. The van der Waals surface area contributed by atoms with E-state index in [1.807, 2.05) is 0 Å². The SMILES string of the molecule is N/N=C(/CC(=O)Nc1cc(-c2cncc3c2ccn3S(=O)(=O)C2CC2)ccn1)NN. The summed E-state index contributed by atoms with van der Waals surface area (Å²) in [5, 5.41) is 6.42. The van der Waals surface area contributed by atoms with Gasteiger partial charge in [-0.3, -0.25) is 9.78 Å². The van der Waals surface area contributed by atoms with E-state index in [-0.39, 0.29) is 17.5 Å². The molecule has 0 radical (unpaired) electrons. The summed E-state index contributed by atoms with van der Waals surface area (Å²) in [4.78, 5) is 20.5. The number of nitrogens with zero attached hydrogens (tertiary/aromatic N) is 4. The van der Waals surface area contributed by atoms with Crippen LogP contribution in [0.5, 0.6) is 0 Å². The number of amides is 1. The quantitative estimate of drug-likeness (QED) is 0.190. The molecule has 30 heavy (non-hydrogen) atoms. The zero-order valence-corrected chi connectivity index (χ0v) is 16.6. The number of hydrazine groups is 1. The maximum atomic E-state index is 12.7. The summed E-state index contributed by atoms with van der Waals surface area (Å²) in [6, 6.07) is 5.19. The van der Waals surface area contributed by atoms with Crippen LogP contribution in [0.4, 0.5) is 5.82 Å². The van der Waals surface area contributed by atoms with E-state index >= 15 is 0 Å². The lowest BCUT2D eigenvalue weighted by molar-refractivity contribution is -0.115. The van der Waals surface area contributed by atoms with Crippen molar-refractivity contribution in [1.29, 1.82) is 0 Å². The van der Waals surface area contributed by atoms with Gasteiger partial charge >= 0.3 is 0 Å². The lowest BCUT2D eigenvalue weighted by Gasteiger charge is -2.09. The number of nitrogens with two attached hydrogens (primary N) is 2. The number of hydrogen-bond acceptors (Lipinski definition) is 8. The van der Waals surface area contributed by atoms with E-state index < -0.39 is 15.9 Å². The fourth-order valence-electron chi connectivity index (χ4n) is 3.15. The highest BCUT2D eigenvalue weighted by Crippen LogP contribution is 2.34. The van der Waals surface area contributed by atoms with E-state index in [4.69, 9.17) is 11.7 Å². The normalized spacial score (nSPS) is 14.6. The smallest absolute Gasteiger partial charge is 0.241 e. The van der Waals surface area contributed by atoms with Crippen LogP contribution in [-0.4, -0.2) is 39.4 Å². The maximum absolute atomic E-state index is 12.7. The first-order valence-corrected chi connectivity index (χ1v) is 10.6. The Bertz CT molecular complexity index is 1250. The first kappa shape index (κ1) is 19.8. The number of anilines is 1. The number of carbonyl (C=O) groups excluding carboxylic acids is 1. The lowest BCUT2D eigenvalue weighted by Crippen LogP contribution is -2.34. The van der Waals surface area contributed by atoms with E-state index in [0.717, 1.165) is 16.5 Å². The van der Waals surface area contributed by atoms with E-state index in [0.29, 0.717) is 24.2 Å². The molecule has 156 valence electrons. The molecule has 11 nitrogen and oxygen atoms in total. The lowest BCUT2D eigenvalue weighted by atomic mass is 10.1. The van der Waals surface area contributed by atoms with E-state index in [1.165, 1.54) is 10.2 Å². The van der Waals surface area contributed by atoms with Gasteiger partial charge in [0, 0.05) is 29.5 Å². The van der Waals surface area contributed by atoms with Gasteiger partial charge < -0.3 is 16.6 Å². The van der Waals surface area contributed by atoms with Crippen LogP contribution in [-0.2, 0) is 14.8 Å². The van der Waals surface area contributed by atoms with E-state index in [1.54, 1.807) is 36.8 Å². The monoisotopic (exact) mass is 428 g/mol. The molecule has 1 amide bonds. The Morgan fingerprint density at radius 2 is 2.10 bits per heavy atom. The van der Waals surface area contributed by atoms with Crippen LogP contribution in [0, 0.1) is 0 Å². The van der Waals surface area contributed by atoms with Crippen molar-refractivity contribution in [2.75, 3.05) is 5.32 Å². The molecule has 0 unspecified atom stereocenters. The standard InChI is InChI=1S/C18H20N8O3S/c19-24-17(25-20)8-18(27)23-16-7-11(3-5-22-16)14-9-21-10-15-13(14)4-6-26(15)30(28,29)12-1-2-12/h3-7,9-10,12H,1-2,8,19-20H2,(H,24,25)(H,22,23,27). The van der Waals surface area contributed by atoms with Crippen LogP contribution < -0.4 is 22.4 Å². The zero-order valence-electron chi connectivity index (χ0n) is 15.8. The summed E-state index contributed by atoms with van der Waals surface area (Å²) in [6.45, 7) is 0. The van der Waals surface area contributed by atoms with Gasteiger partial charge in [-0.05, 0) is 36.6 Å². The van der Waals surface area contributed by atoms with Crippen LogP contribution in [0.3, 0.4) is 0 Å². The Hall–Kier alpha value is -3.51. The van der Waals surface area contributed by atoms with Gasteiger partial charge in [0.15, 0.2) is 0 Å². The predicted molar refractivity (Wildman–Crippen MR) is 112 cm³/mol. The number of fused-ring (bicyclic) bond motifs is 1. The van der Waals surface area contributed by atoms with Crippen molar-refractivity contribution >= 4 is 38.5 Å². The number of amidine groups is 1. The van der Waals surface area contributed by atoms with Gasteiger partial charge in [0.1, 0.15) is 11.7 Å². The zero-order chi connectivity index (χ0) is 21.3. The summed E-state index contributed by atoms with van der Waals surface area (Å²) in [7, 11) is -3.42. The van der Waals surface area contributed by atoms with Gasteiger partial charge in [0.2, 0.25) is 15.9 Å². The molecule has 0 aromatic carbocycles. The summed E-state index contributed by atoms with van der Waals surface area (Å²) in [5.41, 5.74) is 4.20. The van der Waals surface area contributed by atoms with E-state index in [2.05, 4.69) is 25.8 Å². The summed E-state index contributed by atoms with van der Waals surface area (Å²) < 4.78 is 26.7. The van der Waals surface area contributed by atoms with Gasteiger partial charge in [-0.1, -0.05) is 0 Å². The van der Waals surface area contributed by atoms with Crippen LogP contribution >= 0.6 is 0 Å². The summed E-state index contributed by atoms with van der Waals surface area (Å²) >= 11 is 0. The van der Waals surface area contributed by atoms with Gasteiger partial charge in [0.05, 0.1) is 23.4 Å². The van der Waals surface area contributed by atoms with Crippen LogP contribution in [0.15, 0.2) is 48.1 Å². The third-order valence-electron chi connectivity index (χ3n) is 4.79. The minimum Gasteiger partial charge on any atom is -0.322 e. The fraction of sp³-hybridized carbons (Fsp3) is 0.222. The average molecular weight is 428 g/mol. The van der Waals surface area contributed by atoms with Gasteiger partial charge in [0.25, 0.3) is 0 Å². The Morgan fingerprint density at radius 1 is 1.30 bits per heavy atom. The highest BCUT2D eigenvalue weighted by Gasteiger charge is 2.37. The van der Waals surface area contributed by atoms with Crippen molar-refractivity contribution in [3.05, 3.63) is 43.0 Å². The third kappa shape index (κ3) is 3.69. The van der Waals surface area contributed by atoms with Crippen molar-refractivity contribution in [1.82, 2.24) is 19.4 Å². The van der Waals surface area contributed by atoms with Crippen molar-refractivity contribution in [3.63, 3.8) is 0 Å². The number of nitrogens with one attached hydrogen (secondary N) is 2. The molecule has 0 bridgehead atoms. The third-order valence-corrected chi connectivity index (χ3v) is 6.97. The van der Waals surface area contributed by atoms with Crippen LogP contribution in [0.1, 0.15) is 19.3 Å². The summed E-state index contributed by atoms with van der Waals surface area (Å²) in [6.07, 6.45) is 7.50. The van der Waals surface area contributed by atoms with E-state index in [9.17, 15) is 13.2 Å². The molecule has 0 aliphatic heterocycles. The van der Waals surface area contributed by atoms with Gasteiger partial charge in [-0.25, -0.2) is 23.2 Å². The molecule has 0 spiro atoms. The highest BCUT2D eigenvalue weighted by molar-refractivity contribution is 7.91. The maximum Gasteiger partial charge on any atom is 0.241 e. The number of carbonyl (C=O) groups is 1. The molecule has 0 atom stereocenters. The predicted octanol–water partition coefficient (Wildman–Crippen LogP) is 0.503. The number of pyridine rings is 2. The second kappa shape index (κ2) is 7.72. The Morgan fingerprint density at radius 3 is 2.80 bits per heavy atom. The Labute approximate surface area is 172 Å². The topological polar surface area (TPSA) is 170 Å². The highest BCUT2D eigenvalue weighted by atomic mass is 32.2. The van der Waals surface area contributed by atoms with Crippen LogP contribution in [0.25, 0.3) is 22.0 Å². The molecule has 3 aromatic heterocycles. The van der Waals surface area contributed by atoms with Crippen LogP contribution in [0.2, 0.25) is 0 Å². The second-order valence-electron chi connectivity index (χ2n) is 6.85. The number of aromatic nitrogens is 3. The minimum absolute atomic E-state index is 0.121. The average Bonchev–Trinajstić information content (AvgIpc) is 3.51. The molecule has 3 aromatic rings. The molecule has 3 heterocycles. The van der Waals surface area contributed by atoms with Crippen molar-refractivity contribution < 1.29 is 13.2 Å². The number of rotatable bonds is 6. The molecular formula is C18H20N8O3S. The molecule has 4 rings (SSSR count). The molecule has 0 saturated heterocycles. The fourth-order valence-corrected chi connectivity index (χ4v) is 4.85. The summed E-state index contributed by atoms with van der Waals surface area (Å²) in [5.74, 6) is 10.4. The second-order valence-corrected chi connectivity index (χ2v) is 8.94. The molecule has 6 N–H and O–H groups in total. The van der Waals surface area contributed by atoms with Crippen molar-refractivity contribution in [3.8, 4) is 11.1 Å². The molecule has 12 heteroatoms. The largest absolute Gasteiger partial charge is 0.322 e. The molecule has 1 saturated carbocycles. The first-order chi connectivity index (χ1) is 14.4. The molecule has 1 aliphatic rings. The number of hydrazone groups is 1. The minimum atomic E-state index is -3.42. The van der Waals surface area contributed by atoms with Crippen molar-refractivity contribution in [2.24, 2.45) is 16.8 Å². The Kier molecular flexibility index (Phi) is 5.10.